The minimum Gasteiger partial charge on any atom is -0.469 e. The number of hydrogen-bond acceptors (Lipinski definition) is 4. The fourth-order valence-corrected chi connectivity index (χ4v) is 2.74. The zero-order valence-electron chi connectivity index (χ0n) is 11.1. The van der Waals surface area contributed by atoms with Crippen molar-refractivity contribution in [3.05, 3.63) is 40.5 Å². The van der Waals surface area contributed by atoms with Crippen molar-refractivity contribution in [1.29, 1.82) is 0 Å². The topological polar surface area (TPSA) is 52.3 Å². The van der Waals surface area contributed by atoms with Gasteiger partial charge in [0.2, 0.25) is 0 Å². The van der Waals surface area contributed by atoms with E-state index in [1.54, 1.807) is 0 Å². The van der Waals surface area contributed by atoms with Crippen molar-refractivity contribution in [3.8, 4) is 11.3 Å². The second-order valence-electron chi connectivity index (χ2n) is 4.91. The number of benzene rings is 1. The largest absolute Gasteiger partial charge is 0.469 e. The molecular weight excluding hydrogens is 278 g/mol. The first kappa shape index (κ1) is 13.2. The Bertz CT molecular complexity index is 633. The van der Waals surface area contributed by atoms with Crippen LogP contribution in [0.25, 0.3) is 11.3 Å². The van der Waals surface area contributed by atoms with Gasteiger partial charge in [-0.15, -0.1) is 0 Å². The van der Waals surface area contributed by atoms with Crippen LogP contribution in [0.15, 0.2) is 28.8 Å². The molecule has 0 saturated carbocycles. The third-order valence-electron chi connectivity index (χ3n) is 3.69. The Hall–Kier alpha value is -1.81. The van der Waals surface area contributed by atoms with Crippen LogP contribution < -0.4 is 0 Å². The van der Waals surface area contributed by atoms with E-state index in [9.17, 15) is 4.79 Å². The van der Waals surface area contributed by atoms with Gasteiger partial charge < -0.3 is 9.26 Å². The maximum Gasteiger partial charge on any atom is 0.309 e. The molecule has 0 amide bonds. The van der Waals surface area contributed by atoms with Crippen molar-refractivity contribution < 1.29 is 14.1 Å². The summed E-state index contributed by atoms with van der Waals surface area (Å²) in [5.41, 5.74) is 2.91. The van der Waals surface area contributed by atoms with Gasteiger partial charge in [-0.1, -0.05) is 16.8 Å². The lowest BCUT2D eigenvalue weighted by molar-refractivity contribution is -0.145. The normalized spacial score (nSPS) is 17.6. The maximum atomic E-state index is 11.6. The molecule has 1 aliphatic rings. The molecular formula is C15H14ClNO3. The fraction of sp³-hybridized carbons (Fsp3) is 0.333. The number of ether oxygens (including phenoxy) is 1. The summed E-state index contributed by atoms with van der Waals surface area (Å²) in [6.45, 7) is 0. The zero-order chi connectivity index (χ0) is 14.1. The van der Waals surface area contributed by atoms with Crippen molar-refractivity contribution in [3.63, 3.8) is 0 Å². The molecule has 1 aromatic heterocycles. The van der Waals surface area contributed by atoms with Crippen molar-refractivity contribution in [2.45, 2.75) is 19.3 Å². The molecule has 0 fully saturated rings. The summed E-state index contributed by atoms with van der Waals surface area (Å²) in [6, 6.07) is 7.48. The molecule has 0 saturated heterocycles. The molecule has 5 heteroatoms. The highest BCUT2D eigenvalue weighted by atomic mass is 35.5. The molecule has 4 nitrogen and oxygen atoms in total. The number of rotatable bonds is 2. The average molecular weight is 292 g/mol. The number of fused-ring (bicyclic) bond motifs is 1. The van der Waals surface area contributed by atoms with Crippen LogP contribution in [0, 0.1) is 5.92 Å². The minimum atomic E-state index is -0.174. The summed E-state index contributed by atoms with van der Waals surface area (Å²) in [4.78, 5) is 11.6. The molecule has 20 heavy (non-hydrogen) atoms. The van der Waals surface area contributed by atoms with Crippen molar-refractivity contribution in [2.24, 2.45) is 5.92 Å². The van der Waals surface area contributed by atoms with E-state index in [0.717, 1.165) is 35.4 Å². The Morgan fingerprint density at radius 3 is 2.85 bits per heavy atom. The second kappa shape index (κ2) is 5.29. The molecule has 0 N–H and O–H groups in total. The van der Waals surface area contributed by atoms with Gasteiger partial charge in [0.1, 0.15) is 0 Å². The Morgan fingerprint density at radius 2 is 2.15 bits per heavy atom. The smallest absolute Gasteiger partial charge is 0.309 e. The monoisotopic (exact) mass is 291 g/mol. The summed E-state index contributed by atoms with van der Waals surface area (Å²) in [5.74, 6) is 0.488. The molecule has 0 bridgehead atoms. The van der Waals surface area contributed by atoms with Gasteiger partial charge in [-0.05, 0) is 37.1 Å². The highest BCUT2D eigenvalue weighted by molar-refractivity contribution is 6.30. The number of nitrogens with zero attached hydrogens (tertiary/aromatic N) is 1. The lowest BCUT2D eigenvalue weighted by Crippen LogP contribution is -2.23. The number of carbonyl (C=O) groups excluding carboxylic acids is 1. The summed E-state index contributed by atoms with van der Waals surface area (Å²) < 4.78 is 10.3. The molecule has 3 rings (SSSR count). The van der Waals surface area contributed by atoms with Crippen LogP contribution in [-0.2, 0) is 22.4 Å². The minimum absolute atomic E-state index is 0.115. The van der Waals surface area contributed by atoms with E-state index in [0.29, 0.717) is 11.4 Å². The summed E-state index contributed by atoms with van der Waals surface area (Å²) >= 11 is 5.89. The zero-order valence-corrected chi connectivity index (χ0v) is 11.8. The summed E-state index contributed by atoms with van der Waals surface area (Å²) in [5, 5.41) is 4.79. The van der Waals surface area contributed by atoms with Crippen LogP contribution in [0.4, 0.5) is 0 Å². The quantitative estimate of drug-likeness (QED) is 0.797. The van der Waals surface area contributed by atoms with E-state index in [4.69, 9.17) is 20.9 Å². The van der Waals surface area contributed by atoms with E-state index in [-0.39, 0.29) is 11.9 Å². The van der Waals surface area contributed by atoms with E-state index in [1.807, 2.05) is 24.3 Å². The number of carbonyl (C=O) groups is 1. The van der Waals surface area contributed by atoms with Gasteiger partial charge in [0.15, 0.2) is 5.76 Å². The molecule has 104 valence electrons. The average Bonchev–Trinajstić information content (AvgIpc) is 2.90. The molecule has 1 unspecified atom stereocenters. The summed E-state index contributed by atoms with van der Waals surface area (Å²) in [6.07, 6.45) is 2.12. The van der Waals surface area contributed by atoms with Crippen LogP contribution in [0.3, 0.4) is 0 Å². The van der Waals surface area contributed by atoms with Gasteiger partial charge in [-0.3, -0.25) is 4.79 Å². The molecule has 1 atom stereocenters. The highest BCUT2D eigenvalue weighted by Gasteiger charge is 2.30. The molecule has 2 aromatic rings. The van der Waals surface area contributed by atoms with E-state index >= 15 is 0 Å². The predicted octanol–water partition coefficient (Wildman–Crippen LogP) is 3.27. The van der Waals surface area contributed by atoms with Crippen LogP contribution in [0.2, 0.25) is 5.02 Å². The molecule has 0 radical (unpaired) electrons. The van der Waals surface area contributed by atoms with Gasteiger partial charge in [0.05, 0.1) is 18.7 Å². The Kier molecular flexibility index (Phi) is 3.49. The fourth-order valence-electron chi connectivity index (χ4n) is 2.61. The van der Waals surface area contributed by atoms with Crippen LogP contribution in [0.5, 0.6) is 0 Å². The number of methoxy groups -OCH3 is 1. The number of halogens is 1. The summed E-state index contributed by atoms with van der Waals surface area (Å²) in [7, 11) is 1.42. The molecule has 0 spiro atoms. The Labute approximate surface area is 121 Å². The van der Waals surface area contributed by atoms with E-state index in [1.165, 1.54) is 7.11 Å². The van der Waals surface area contributed by atoms with Gasteiger partial charge in [-0.2, -0.15) is 0 Å². The SMILES string of the molecule is COC(=O)C1CCc2c(noc2-c2ccc(Cl)cc2)C1. The van der Waals surface area contributed by atoms with Crippen molar-refractivity contribution >= 4 is 17.6 Å². The number of aromatic nitrogens is 1. The molecule has 1 aliphatic carbocycles. The van der Waals surface area contributed by atoms with E-state index < -0.39 is 0 Å². The third-order valence-corrected chi connectivity index (χ3v) is 3.95. The second-order valence-corrected chi connectivity index (χ2v) is 5.34. The first-order chi connectivity index (χ1) is 9.69. The molecule has 1 heterocycles. The van der Waals surface area contributed by atoms with E-state index in [2.05, 4.69) is 5.16 Å². The lowest BCUT2D eigenvalue weighted by Gasteiger charge is -2.18. The Morgan fingerprint density at radius 1 is 1.40 bits per heavy atom. The van der Waals surface area contributed by atoms with Gasteiger partial charge in [-0.25, -0.2) is 0 Å². The first-order valence-electron chi connectivity index (χ1n) is 6.50. The Balaban J connectivity index is 1.90. The van der Waals surface area contributed by atoms with Crippen molar-refractivity contribution in [2.75, 3.05) is 7.11 Å². The molecule has 1 aromatic carbocycles. The molecule has 0 aliphatic heterocycles. The van der Waals surface area contributed by atoms with Gasteiger partial charge in [0.25, 0.3) is 0 Å². The maximum absolute atomic E-state index is 11.6. The standard InChI is InChI=1S/C15H14ClNO3/c1-19-15(18)10-4-7-12-13(8-10)17-20-14(12)9-2-5-11(16)6-3-9/h2-3,5-6,10H,4,7-8H2,1H3. The number of esters is 1. The highest BCUT2D eigenvalue weighted by Crippen LogP contribution is 2.34. The van der Waals surface area contributed by atoms with Crippen molar-refractivity contribution in [1.82, 2.24) is 5.16 Å². The van der Waals surface area contributed by atoms with Crippen LogP contribution in [-0.4, -0.2) is 18.2 Å². The first-order valence-corrected chi connectivity index (χ1v) is 6.88. The van der Waals surface area contributed by atoms with Gasteiger partial charge >= 0.3 is 5.97 Å². The lowest BCUT2D eigenvalue weighted by atomic mass is 9.86. The number of hydrogen-bond donors (Lipinski definition) is 0. The van der Waals surface area contributed by atoms with Crippen LogP contribution in [0.1, 0.15) is 17.7 Å². The third kappa shape index (κ3) is 2.31. The predicted molar refractivity (Wildman–Crippen MR) is 74.5 cm³/mol. The van der Waals surface area contributed by atoms with Gasteiger partial charge in [0, 0.05) is 22.6 Å². The van der Waals surface area contributed by atoms with Crippen LogP contribution >= 0.6 is 11.6 Å².